The molecule has 7 aliphatic rings. The minimum absolute atomic E-state index is 0.225. The first-order chi connectivity index (χ1) is 19.4. The minimum atomic E-state index is -1.70. The molecule has 1 aromatic rings. The third-order valence-corrected chi connectivity index (χ3v) is 12.0. The molecule has 5 fully saturated rings. The fourth-order valence-corrected chi connectivity index (χ4v) is 10.1. The highest BCUT2D eigenvalue weighted by atomic mass is 16.7. The number of allylic oxidation sites excluding steroid dienone is 1. The smallest absolute Gasteiger partial charge is 0.340 e. The maximum Gasteiger partial charge on any atom is 0.340 e. The number of carbonyl (C=O) groups is 1. The number of aryl methyl sites for hydroxylation is 2. The summed E-state index contributed by atoms with van der Waals surface area (Å²) >= 11 is 0. The number of fused-ring (bicyclic) bond motifs is 1. The molecule has 9 nitrogen and oxygen atoms in total. The summed E-state index contributed by atoms with van der Waals surface area (Å²) in [5.41, 5.74) is 0.945. The van der Waals surface area contributed by atoms with Crippen molar-refractivity contribution in [3.63, 3.8) is 0 Å². The van der Waals surface area contributed by atoms with E-state index in [0.717, 1.165) is 28.9 Å². The number of aliphatic hydroxyl groups excluding tert-OH is 2. The van der Waals surface area contributed by atoms with E-state index < -0.39 is 46.1 Å². The molecule has 1 aromatic heterocycles. The van der Waals surface area contributed by atoms with Crippen molar-refractivity contribution in [1.82, 2.24) is 9.88 Å². The molecule has 8 rings (SSSR count). The van der Waals surface area contributed by atoms with Crippen LogP contribution in [0.25, 0.3) is 0 Å². The lowest BCUT2D eigenvalue weighted by atomic mass is 9.40. The fraction of sp³-hybridized carbons (Fsp3) is 0.719. The Balaban J connectivity index is 1.32. The maximum absolute atomic E-state index is 13.5. The summed E-state index contributed by atoms with van der Waals surface area (Å²) in [4.78, 5) is 18.9. The second-order valence-electron chi connectivity index (χ2n) is 13.8. The molecule has 0 aromatic carbocycles. The summed E-state index contributed by atoms with van der Waals surface area (Å²) in [6.07, 6.45) is 6.79. The number of aromatic amines is 1. The van der Waals surface area contributed by atoms with Crippen LogP contribution in [-0.2, 0) is 20.6 Å². The van der Waals surface area contributed by atoms with Gasteiger partial charge in [-0.05, 0) is 69.7 Å². The van der Waals surface area contributed by atoms with E-state index in [1.807, 2.05) is 27.0 Å². The zero-order valence-electron chi connectivity index (χ0n) is 24.8. The zero-order chi connectivity index (χ0) is 29.2. The molecule has 1 spiro atoms. The number of rotatable bonds is 4. The van der Waals surface area contributed by atoms with Crippen LogP contribution in [0, 0.1) is 23.7 Å². The molecule has 9 atom stereocenters. The van der Waals surface area contributed by atoms with Crippen molar-refractivity contribution in [2.24, 2.45) is 16.7 Å². The van der Waals surface area contributed by atoms with Crippen LogP contribution in [0.4, 0.5) is 0 Å². The van der Waals surface area contributed by atoms with E-state index in [1.54, 1.807) is 0 Å². The van der Waals surface area contributed by atoms with Crippen molar-refractivity contribution in [1.29, 1.82) is 0 Å². The molecule has 4 bridgehead atoms. The molecule has 0 radical (unpaired) electrons. The first kappa shape index (κ1) is 27.8. The van der Waals surface area contributed by atoms with Gasteiger partial charge in [0.15, 0.2) is 5.79 Å². The molecule has 9 heteroatoms. The molecule has 0 amide bonds. The van der Waals surface area contributed by atoms with E-state index in [2.05, 4.69) is 36.0 Å². The van der Waals surface area contributed by atoms with Gasteiger partial charge in [0.1, 0.15) is 23.4 Å². The Kier molecular flexibility index (Phi) is 5.95. The molecule has 4 N–H and O–H groups in total. The van der Waals surface area contributed by atoms with E-state index in [-0.39, 0.29) is 11.9 Å². The van der Waals surface area contributed by atoms with Gasteiger partial charge >= 0.3 is 5.97 Å². The number of hydrogen-bond acceptors (Lipinski definition) is 8. The normalized spacial score (nSPS) is 45.6. The number of aromatic nitrogens is 1. The maximum atomic E-state index is 13.5. The van der Waals surface area contributed by atoms with Gasteiger partial charge in [-0.15, -0.1) is 0 Å². The molecule has 2 saturated carbocycles. The van der Waals surface area contributed by atoms with E-state index in [0.29, 0.717) is 57.2 Å². The Bertz CT molecular complexity index is 1350. The first-order valence-corrected chi connectivity index (χ1v) is 15.3. The number of nitrogens with zero attached hydrogens (tertiary/aromatic N) is 1. The third-order valence-electron chi connectivity index (χ3n) is 12.0. The Labute approximate surface area is 241 Å². The van der Waals surface area contributed by atoms with Crippen LogP contribution in [0.3, 0.4) is 0 Å². The molecule has 3 aliphatic heterocycles. The van der Waals surface area contributed by atoms with Crippen molar-refractivity contribution in [2.45, 2.75) is 102 Å². The van der Waals surface area contributed by atoms with Crippen molar-refractivity contribution >= 4 is 5.97 Å². The standard InChI is InChI=1S/C32H44N2O7/c1-6-22-25(18(2)16-33-22)27(37)40-19(3)20-9-10-30-23-8-7-21-26(36)31(38)12-11-28(21,4)32(23,41-31)24(35)15-29(20,30)17-34(5)13-14-39-30/h8-9,16,19,21,24,26,33,35-36,38H,6-7,10-15,17H2,1-5H3. The third kappa shape index (κ3) is 3.20. The average Bonchev–Trinajstić information content (AvgIpc) is 3.40. The minimum Gasteiger partial charge on any atom is -0.454 e. The highest BCUT2D eigenvalue weighted by molar-refractivity contribution is 5.92. The summed E-state index contributed by atoms with van der Waals surface area (Å²) in [5.74, 6) is -2.28. The van der Waals surface area contributed by atoms with Crippen LogP contribution in [0.5, 0.6) is 0 Å². The number of aliphatic hydroxyl groups is 3. The van der Waals surface area contributed by atoms with Gasteiger partial charge in [-0.25, -0.2) is 4.79 Å². The lowest BCUT2D eigenvalue weighted by Crippen LogP contribution is -2.82. The van der Waals surface area contributed by atoms with Crippen LogP contribution in [0.2, 0.25) is 0 Å². The SMILES string of the molecule is CCc1[nH]cc(C)c1C(=O)OC(C)C1=CCC23OCCN(C)CC12CC(O)C12OC4(O)CCC1(C)C(CC=C32)C4O. The Hall–Kier alpha value is -2.01. The number of likely N-dealkylation sites (N-methyl/N-ethyl adjacent to an activating group) is 1. The Morgan fingerprint density at radius 2 is 2.07 bits per heavy atom. The average molecular weight is 569 g/mol. The van der Waals surface area contributed by atoms with Crippen LogP contribution in [0.15, 0.2) is 29.5 Å². The number of esters is 1. The molecule has 224 valence electrons. The summed E-state index contributed by atoms with van der Waals surface area (Å²) in [5, 5.41) is 35.0. The predicted molar refractivity (Wildman–Crippen MR) is 150 cm³/mol. The monoisotopic (exact) mass is 568 g/mol. The van der Waals surface area contributed by atoms with Gasteiger partial charge in [-0.1, -0.05) is 26.0 Å². The topological polar surface area (TPSA) is 124 Å². The highest BCUT2D eigenvalue weighted by Crippen LogP contribution is 2.74. The van der Waals surface area contributed by atoms with E-state index in [9.17, 15) is 20.1 Å². The van der Waals surface area contributed by atoms with Crippen molar-refractivity contribution in [3.8, 4) is 0 Å². The van der Waals surface area contributed by atoms with Crippen LogP contribution in [0.1, 0.15) is 74.5 Å². The van der Waals surface area contributed by atoms with Crippen molar-refractivity contribution in [2.75, 3.05) is 26.7 Å². The van der Waals surface area contributed by atoms with Crippen molar-refractivity contribution < 1.29 is 34.3 Å². The lowest BCUT2D eigenvalue weighted by molar-refractivity contribution is -0.431. The van der Waals surface area contributed by atoms with E-state index >= 15 is 0 Å². The Morgan fingerprint density at radius 1 is 1.29 bits per heavy atom. The molecular weight excluding hydrogens is 524 g/mol. The number of H-pyrrole nitrogens is 1. The molecule has 9 unspecified atom stereocenters. The summed E-state index contributed by atoms with van der Waals surface area (Å²) in [6.45, 7) is 9.82. The van der Waals surface area contributed by atoms with Crippen LogP contribution < -0.4 is 0 Å². The number of ether oxygens (including phenoxy) is 3. The summed E-state index contributed by atoms with van der Waals surface area (Å²) < 4.78 is 19.8. The first-order valence-electron chi connectivity index (χ1n) is 15.3. The Morgan fingerprint density at radius 3 is 2.83 bits per heavy atom. The second-order valence-corrected chi connectivity index (χ2v) is 13.8. The lowest BCUT2D eigenvalue weighted by Gasteiger charge is -2.74. The highest BCUT2D eigenvalue weighted by Gasteiger charge is 2.81. The van der Waals surface area contributed by atoms with Crippen molar-refractivity contribution in [3.05, 3.63) is 46.3 Å². The van der Waals surface area contributed by atoms with Gasteiger partial charge in [-0.2, -0.15) is 0 Å². The summed E-state index contributed by atoms with van der Waals surface area (Å²) in [7, 11) is 2.07. The van der Waals surface area contributed by atoms with Gasteiger partial charge in [0.25, 0.3) is 0 Å². The number of hydrogen-bond donors (Lipinski definition) is 4. The van der Waals surface area contributed by atoms with Gasteiger partial charge in [0.2, 0.25) is 0 Å². The van der Waals surface area contributed by atoms with Gasteiger partial charge in [0, 0.05) is 48.1 Å². The van der Waals surface area contributed by atoms with Gasteiger partial charge in [0.05, 0.1) is 18.3 Å². The van der Waals surface area contributed by atoms with Crippen LogP contribution >= 0.6 is 0 Å². The molecule has 41 heavy (non-hydrogen) atoms. The second kappa shape index (κ2) is 8.77. The van der Waals surface area contributed by atoms with Crippen LogP contribution in [-0.4, -0.2) is 93.2 Å². The number of nitrogens with one attached hydrogen (secondary N) is 1. The predicted octanol–water partition coefficient (Wildman–Crippen LogP) is 2.78. The molecular formula is C32H44N2O7. The van der Waals surface area contributed by atoms with E-state index in [1.165, 1.54) is 0 Å². The fourth-order valence-electron chi connectivity index (χ4n) is 10.1. The zero-order valence-corrected chi connectivity index (χ0v) is 24.8. The molecule has 4 aliphatic carbocycles. The molecule has 4 heterocycles. The largest absolute Gasteiger partial charge is 0.454 e. The van der Waals surface area contributed by atoms with Gasteiger partial charge in [-0.3, -0.25) is 0 Å². The molecule has 3 saturated heterocycles. The van der Waals surface area contributed by atoms with E-state index in [4.69, 9.17) is 14.2 Å². The quantitative estimate of drug-likeness (QED) is 0.323. The van der Waals surface area contributed by atoms with Gasteiger partial charge < -0.3 is 39.4 Å². The number of carbonyl (C=O) groups excluding carboxylic acids is 1. The summed E-state index contributed by atoms with van der Waals surface area (Å²) in [6, 6.07) is 0.